The van der Waals surface area contributed by atoms with Crippen LogP contribution in [0, 0.1) is 0 Å². The summed E-state index contributed by atoms with van der Waals surface area (Å²) < 4.78 is 0.988. The topological polar surface area (TPSA) is 69.6 Å². The number of aromatic hydroxyl groups is 2. The van der Waals surface area contributed by atoms with Crippen LogP contribution in [0.4, 0.5) is 0 Å². The van der Waals surface area contributed by atoms with Crippen molar-refractivity contribution < 1.29 is 15.0 Å². The molecule has 0 aliphatic carbocycles. The highest BCUT2D eigenvalue weighted by Crippen LogP contribution is 2.30. The molecule has 24 heavy (non-hydrogen) atoms. The lowest BCUT2D eigenvalue weighted by Gasteiger charge is -2.03. The Bertz CT molecular complexity index is 881. The van der Waals surface area contributed by atoms with Gasteiger partial charge in [-0.3, -0.25) is 4.79 Å². The number of hydrogen-bond donors (Lipinski definition) is 3. The SMILES string of the molecule is O=C(/C=C/c1cc(O)c2ccsc2c1)NCCc1ccc(O)cc1. The molecule has 3 N–H and O–H groups in total. The third-order valence-electron chi connectivity index (χ3n) is 3.65. The Kier molecular flexibility index (Phi) is 4.82. The maximum Gasteiger partial charge on any atom is 0.244 e. The van der Waals surface area contributed by atoms with Crippen LogP contribution >= 0.6 is 11.3 Å². The molecule has 1 heterocycles. The minimum Gasteiger partial charge on any atom is -0.508 e. The van der Waals surface area contributed by atoms with Gasteiger partial charge in [0.1, 0.15) is 11.5 Å². The van der Waals surface area contributed by atoms with E-state index in [2.05, 4.69) is 5.32 Å². The van der Waals surface area contributed by atoms with Crippen molar-refractivity contribution in [2.75, 3.05) is 6.54 Å². The van der Waals surface area contributed by atoms with Crippen LogP contribution in [0.2, 0.25) is 0 Å². The van der Waals surface area contributed by atoms with Crippen molar-refractivity contribution in [1.82, 2.24) is 5.32 Å². The van der Waals surface area contributed by atoms with Crippen LogP contribution in [-0.4, -0.2) is 22.7 Å². The zero-order valence-electron chi connectivity index (χ0n) is 12.9. The fraction of sp³-hybridized carbons (Fsp3) is 0.105. The number of fused-ring (bicyclic) bond motifs is 1. The van der Waals surface area contributed by atoms with Gasteiger partial charge in [-0.2, -0.15) is 0 Å². The molecule has 5 heteroatoms. The number of rotatable bonds is 5. The van der Waals surface area contributed by atoms with Crippen LogP contribution in [0.15, 0.2) is 53.9 Å². The van der Waals surface area contributed by atoms with E-state index in [9.17, 15) is 15.0 Å². The Labute approximate surface area is 143 Å². The van der Waals surface area contributed by atoms with Crippen molar-refractivity contribution in [3.8, 4) is 11.5 Å². The number of phenolic OH excluding ortho intramolecular Hbond substituents is 2. The molecule has 3 aromatic rings. The highest BCUT2D eigenvalue weighted by molar-refractivity contribution is 7.17. The maximum absolute atomic E-state index is 11.9. The van der Waals surface area contributed by atoms with Crippen molar-refractivity contribution in [2.45, 2.75) is 6.42 Å². The van der Waals surface area contributed by atoms with Gasteiger partial charge >= 0.3 is 0 Å². The molecular formula is C19H17NO3S. The number of hydrogen-bond acceptors (Lipinski definition) is 4. The number of thiophene rings is 1. The van der Waals surface area contributed by atoms with E-state index < -0.39 is 0 Å². The van der Waals surface area contributed by atoms with Gasteiger partial charge in [-0.1, -0.05) is 12.1 Å². The lowest BCUT2D eigenvalue weighted by molar-refractivity contribution is -0.116. The standard InChI is InChI=1S/C19H17NO3S/c21-15-4-1-13(2-5-15)7-9-20-19(23)6-3-14-11-17(22)16-8-10-24-18(16)12-14/h1-6,8,10-12,21-22H,7,9H2,(H,20,23)/b6-3+. The van der Waals surface area contributed by atoms with Gasteiger partial charge in [0, 0.05) is 22.7 Å². The largest absolute Gasteiger partial charge is 0.508 e. The molecule has 0 aliphatic heterocycles. The number of phenols is 2. The van der Waals surface area contributed by atoms with E-state index in [1.165, 1.54) is 6.08 Å². The summed E-state index contributed by atoms with van der Waals surface area (Å²) in [6.45, 7) is 0.517. The molecule has 122 valence electrons. The first-order valence-electron chi connectivity index (χ1n) is 7.56. The summed E-state index contributed by atoms with van der Waals surface area (Å²) in [7, 11) is 0. The highest BCUT2D eigenvalue weighted by atomic mass is 32.1. The lowest BCUT2D eigenvalue weighted by Crippen LogP contribution is -2.23. The van der Waals surface area contributed by atoms with Crippen molar-refractivity contribution in [3.05, 3.63) is 65.0 Å². The Morgan fingerprint density at radius 1 is 1.12 bits per heavy atom. The van der Waals surface area contributed by atoms with Crippen LogP contribution in [0.25, 0.3) is 16.2 Å². The van der Waals surface area contributed by atoms with Gasteiger partial charge in [0.15, 0.2) is 0 Å². The first-order chi connectivity index (χ1) is 11.6. The maximum atomic E-state index is 11.9. The molecule has 2 aromatic carbocycles. The van der Waals surface area contributed by atoms with Gasteiger partial charge in [0.2, 0.25) is 5.91 Å². The van der Waals surface area contributed by atoms with Gasteiger partial charge in [0.05, 0.1) is 0 Å². The van der Waals surface area contributed by atoms with Crippen LogP contribution in [0.3, 0.4) is 0 Å². The monoisotopic (exact) mass is 339 g/mol. The van der Waals surface area contributed by atoms with Crippen LogP contribution in [-0.2, 0) is 11.2 Å². The summed E-state index contributed by atoms with van der Waals surface area (Å²) in [6, 6.07) is 12.4. The third-order valence-corrected chi connectivity index (χ3v) is 4.51. The predicted molar refractivity (Wildman–Crippen MR) is 97.3 cm³/mol. The molecule has 0 fully saturated rings. The quantitative estimate of drug-likeness (QED) is 0.621. The fourth-order valence-corrected chi connectivity index (χ4v) is 3.25. The minimum absolute atomic E-state index is 0.181. The second-order valence-corrected chi connectivity index (χ2v) is 6.36. The minimum atomic E-state index is -0.181. The molecule has 0 bridgehead atoms. The molecular weight excluding hydrogens is 322 g/mol. The molecule has 4 nitrogen and oxygen atoms in total. The van der Waals surface area contributed by atoms with Crippen molar-refractivity contribution >= 4 is 33.4 Å². The molecule has 0 saturated heterocycles. The molecule has 3 rings (SSSR count). The molecule has 0 radical (unpaired) electrons. The van der Waals surface area contributed by atoms with Crippen LogP contribution < -0.4 is 5.32 Å². The molecule has 1 amide bonds. The van der Waals surface area contributed by atoms with E-state index in [0.29, 0.717) is 13.0 Å². The van der Waals surface area contributed by atoms with Crippen molar-refractivity contribution in [1.29, 1.82) is 0 Å². The van der Waals surface area contributed by atoms with Gasteiger partial charge in [0.25, 0.3) is 0 Å². The zero-order chi connectivity index (χ0) is 16.9. The van der Waals surface area contributed by atoms with E-state index in [-0.39, 0.29) is 17.4 Å². The van der Waals surface area contributed by atoms with Gasteiger partial charge in [-0.15, -0.1) is 11.3 Å². The first-order valence-corrected chi connectivity index (χ1v) is 8.44. The Balaban J connectivity index is 1.55. The lowest BCUT2D eigenvalue weighted by atomic mass is 10.1. The summed E-state index contributed by atoms with van der Waals surface area (Å²) in [5.74, 6) is 0.275. The number of amides is 1. The molecule has 0 aliphatic rings. The summed E-state index contributed by atoms with van der Waals surface area (Å²) in [5, 5.41) is 24.7. The predicted octanol–water partition coefficient (Wildman–Crippen LogP) is 3.68. The van der Waals surface area contributed by atoms with Gasteiger partial charge < -0.3 is 15.5 Å². The number of carbonyl (C=O) groups excluding carboxylic acids is 1. The van der Waals surface area contributed by atoms with Crippen LogP contribution in [0.5, 0.6) is 11.5 Å². The Hall–Kier alpha value is -2.79. The van der Waals surface area contributed by atoms with E-state index in [0.717, 1.165) is 21.2 Å². The van der Waals surface area contributed by atoms with E-state index in [1.807, 2.05) is 29.6 Å². The van der Waals surface area contributed by atoms with E-state index >= 15 is 0 Å². The van der Waals surface area contributed by atoms with Crippen LogP contribution in [0.1, 0.15) is 11.1 Å². The third kappa shape index (κ3) is 3.94. The molecule has 0 atom stereocenters. The fourth-order valence-electron chi connectivity index (χ4n) is 2.39. The van der Waals surface area contributed by atoms with Gasteiger partial charge in [-0.25, -0.2) is 0 Å². The number of nitrogens with one attached hydrogen (secondary N) is 1. The summed E-state index contributed by atoms with van der Waals surface area (Å²) in [6.07, 6.45) is 3.85. The first kappa shape index (κ1) is 16.1. The molecule has 0 unspecified atom stereocenters. The van der Waals surface area contributed by atoms with E-state index in [4.69, 9.17) is 0 Å². The van der Waals surface area contributed by atoms with Gasteiger partial charge in [-0.05, 0) is 59.3 Å². The second-order valence-electron chi connectivity index (χ2n) is 5.41. The summed E-state index contributed by atoms with van der Waals surface area (Å²) in [5.41, 5.74) is 1.83. The number of carbonyl (C=O) groups is 1. The van der Waals surface area contributed by atoms with Crippen molar-refractivity contribution in [2.24, 2.45) is 0 Å². The molecule has 1 aromatic heterocycles. The van der Waals surface area contributed by atoms with Crippen molar-refractivity contribution in [3.63, 3.8) is 0 Å². The highest BCUT2D eigenvalue weighted by Gasteiger charge is 2.03. The zero-order valence-corrected chi connectivity index (χ0v) is 13.7. The molecule has 0 saturated carbocycles. The Morgan fingerprint density at radius 3 is 2.71 bits per heavy atom. The Morgan fingerprint density at radius 2 is 1.92 bits per heavy atom. The van der Waals surface area contributed by atoms with E-state index in [1.54, 1.807) is 35.6 Å². The summed E-state index contributed by atoms with van der Waals surface area (Å²) in [4.78, 5) is 11.9. The normalized spacial score (nSPS) is 11.2. The average molecular weight is 339 g/mol. The second kappa shape index (κ2) is 7.19. The number of benzene rings is 2. The average Bonchev–Trinajstić information content (AvgIpc) is 3.04. The smallest absolute Gasteiger partial charge is 0.244 e. The molecule has 0 spiro atoms. The summed E-state index contributed by atoms with van der Waals surface area (Å²) >= 11 is 1.55.